The van der Waals surface area contributed by atoms with Crippen LogP contribution in [0.2, 0.25) is 0 Å². The van der Waals surface area contributed by atoms with Crippen LogP contribution in [0.25, 0.3) is 0 Å². The SMILES string of the molecule is CCCCN(CC(C)C)C(=O)c1ccc(CC)cc1. The molecule has 0 atom stereocenters. The summed E-state index contributed by atoms with van der Waals surface area (Å²) in [5.74, 6) is 0.681. The first kappa shape index (κ1) is 15.7. The fraction of sp³-hybridized carbons (Fsp3) is 0.588. The Bertz CT molecular complexity index is 381. The Morgan fingerprint density at radius 1 is 1.16 bits per heavy atom. The second-order valence-electron chi connectivity index (χ2n) is 5.55. The summed E-state index contributed by atoms with van der Waals surface area (Å²) in [5.41, 5.74) is 2.09. The van der Waals surface area contributed by atoms with Gasteiger partial charge in [0.15, 0.2) is 0 Å². The fourth-order valence-electron chi connectivity index (χ4n) is 2.13. The highest BCUT2D eigenvalue weighted by atomic mass is 16.2. The van der Waals surface area contributed by atoms with Crippen LogP contribution >= 0.6 is 0 Å². The van der Waals surface area contributed by atoms with E-state index in [0.717, 1.165) is 37.9 Å². The van der Waals surface area contributed by atoms with Crippen molar-refractivity contribution < 1.29 is 4.79 Å². The predicted molar refractivity (Wildman–Crippen MR) is 81.5 cm³/mol. The maximum absolute atomic E-state index is 12.5. The average Bonchev–Trinajstić information content (AvgIpc) is 2.42. The van der Waals surface area contributed by atoms with E-state index >= 15 is 0 Å². The zero-order valence-corrected chi connectivity index (χ0v) is 12.8. The van der Waals surface area contributed by atoms with Gasteiger partial charge in [0.05, 0.1) is 0 Å². The third-order valence-electron chi connectivity index (χ3n) is 3.26. The molecule has 0 aliphatic heterocycles. The van der Waals surface area contributed by atoms with Gasteiger partial charge in [0, 0.05) is 18.7 Å². The van der Waals surface area contributed by atoms with E-state index in [1.807, 2.05) is 17.0 Å². The van der Waals surface area contributed by atoms with Gasteiger partial charge in [0.1, 0.15) is 0 Å². The third-order valence-corrected chi connectivity index (χ3v) is 3.26. The lowest BCUT2D eigenvalue weighted by Gasteiger charge is -2.24. The first-order valence-corrected chi connectivity index (χ1v) is 7.46. The van der Waals surface area contributed by atoms with Crippen molar-refractivity contribution >= 4 is 5.91 Å². The number of rotatable bonds is 7. The number of hydrogen-bond acceptors (Lipinski definition) is 1. The summed E-state index contributed by atoms with van der Waals surface area (Å²) in [4.78, 5) is 14.5. The molecule has 0 unspecified atom stereocenters. The largest absolute Gasteiger partial charge is 0.338 e. The Balaban J connectivity index is 2.78. The molecule has 0 fully saturated rings. The molecule has 0 spiro atoms. The Kier molecular flexibility index (Phi) is 6.61. The van der Waals surface area contributed by atoms with Crippen LogP contribution in [0.4, 0.5) is 0 Å². The fourth-order valence-corrected chi connectivity index (χ4v) is 2.13. The van der Waals surface area contributed by atoms with E-state index in [2.05, 4.69) is 39.8 Å². The average molecular weight is 261 g/mol. The van der Waals surface area contributed by atoms with Crippen LogP contribution < -0.4 is 0 Å². The first-order chi connectivity index (χ1) is 9.08. The van der Waals surface area contributed by atoms with Crippen LogP contribution in [0.3, 0.4) is 0 Å². The van der Waals surface area contributed by atoms with Gasteiger partial charge < -0.3 is 4.90 Å². The van der Waals surface area contributed by atoms with Crippen molar-refractivity contribution in [2.75, 3.05) is 13.1 Å². The minimum Gasteiger partial charge on any atom is -0.338 e. The van der Waals surface area contributed by atoms with E-state index in [1.165, 1.54) is 5.56 Å². The summed E-state index contributed by atoms with van der Waals surface area (Å²) in [6.07, 6.45) is 3.21. The maximum Gasteiger partial charge on any atom is 0.253 e. The number of nitrogens with zero attached hydrogens (tertiary/aromatic N) is 1. The molecular formula is C17H27NO. The van der Waals surface area contributed by atoms with E-state index in [9.17, 15) is 4.79 Å². The molecule has 1 amide bonds. The zero-order valence-electron chi connectivity index (χ0n) is 12.8. The van der Waals surface area contributed by atoms with Crippen molar-refractivity contribution in [1.82, 2.24) is 4.90 Å². The number of carbonyl (C=O) groups is 1. The Labute approximate surface area is 117 Å². The summed E-state index contributed by atoms with van der Waals surface area (Å²) in [6, 6.07) is 8.03. The van der Waals surface area contributed by atoms with Crippen molar-refractivity contribution in [1.29, 1.82) is 0 Å². The van der Waals surface area contributed by atoms with E-state index in [-0.39, 0.29) is 5.91 Å². The second kappa shape index (κ2) is 7.98. The molecule has 0 aromatic heterocycles. The van der Waals surface area contributed by atoms with E-state index in [1.54, 1.807) is 0 Å². The molecule has 2 heteroatoms. The van der Waals surface area contributed by atoms with Gasteiger partial charge in [-0.05, 0) is 36.5 Å². The van der Waals surface area contributed by atoms with Crippen molar-refractivity contribution in [2.24, 2.45) is 5.92 Å². The van der Waals surface area contributed by atoms with Gasteiger partial charge in [-0.1, -0.05) is 46.2 Å². The zero-order chi connectivity index (χ0) is 14.3. The molecule has 0 saturated carbocycles. The van der Waals surface area contributed by atoms with Crippen LogP contribution in [0, 0.1) is 5.92 Å². The van der Waals surface area contributed by atoms with Crippen LogP contribution in [-0.2, 0) is 6.42 Å². The number of hydrogen-bond donors (Lipinski definition) is 0. The summed E-state index contributed by atoms with van der Waals surface area (Å²) in [6.45, 7) is 10.3. The van der Waals surface area contributed by atoms with Gasteiger partial charge in [-0.3, -0.25) is 4.79 Å². The van der Waals surface area contributed by atoms with E-state index in [4.69, 9.17) is 0 Å². The van der Waals surface area contributed by atoms with Crippen LogP contribution in [0.5, 0.6) is 0 Å². The molecule has 0 aliphatic carbocycles. The Morgan fingerprint density at radius 3 is 2.26 bits per heavy atom. The minimum absolute atomic E-state index is 0.171. The Morgan fingerprint density at radius 2 is 1.79 bits per heavy atom. The topological polar surface area (TPSA) is 20.3 Å². The number of unbranched alkanes of at least 4 members (excludes halogenated alkanes) is 1. The van der Waals surface area contributed by atoms with Gasteiger partial charge in [0.2, 0.25) is 0 Å². The molecule has 0 N–H and O–H groups in total. The lowest BCUT2D eigenvalue weighted by atomic mass is 10.1. The van der Waals surface area contributed by atoms with E-state index in [0.29, 0.717) is 5.92 Å². The molecule has 0 saturated heterocycles. The van der Waals surface area contributed by atoms with Crippen molar-refractivity contribution in [2.45, 2.75) is 47.0 Å². The molecule has 19 heavy (non-hydrogen) atoms. The summed E-state index contributed by atoms with van der Waals surface area (Å²) < 4.78 is 0. The lowest BCUT2D eigenvalue weighted by Crippen LogP contribution is -2.35. The second-order valence-corrected chi connectivity index (χ2v) is 5.55. The van der Waals surface area contributed by atoms with Crippen LogP contribution in [0.15, 0.2) is 24.3 Å². The smallest absolute Gasteiger partial charge is 0.253 e. The normalized spacial score (nSPS) is 10.8. The molecule has 2 nitrogen and oxygen atoms in total. The highest BCUT2D eigenvalue weighted by molar-refractivity contribution is 5.94. The summed E-state index contributed by atoms with van der Waals surface area (Å²) in [5, 5.41) is 0. The standard InChI is InChI=1S/C17H27NO/c1-5-7-12-18(13-14(3)4)17(19)16-10-8-15(6-2)9-11-16/h8-11,14H,5-7,12-13H2,1-4H3. The van der Waals surface area contributed by atoms with E-state index < -0.39 is 0 Å². The van der Waals surface area contributed by atoms with Gasteiger partial charge in [-0.25, -0.2) is 0 Å². The number of amides is 1. The molecule has 0 aliphatic rings. The highest BCUT2D eigenvalue weighted by Crippen LogP contribution is 2.11. The van der Waals surface area contributed by atoms with Crippen LogP contribution in [-0.4, -0.2) is 23.9 Å². The number of aryl methyl sites for hydroxylation is 1. The molecule has 106 valence electrons. The molecule has 1 rings (SSSR count). The molecule has 1 aromatic carbocycles. The molecule has 0 heterocycles. The molecule has 1 aromatic rings. The minimum atomic E-state index is 0.171. The maximum atomic E-state index is 12.5. The lowest BCUT2D eigenvalue weighted by molar-refractivity contribution is 0.0733. The number of benzene rings is 1. The van der Waals surface area contributed by atoms with Gasteiger partial charge in [-0.2, -0.15) is 0 Å². The molecule has 0 radical (unpaired) electrons. The first-order valence-electron chi connectivity index (χ1n) is 7.46. The van der Waals surface area contributed by atoms with Crippen LogP contribution in [0.1, 0.15) is 56.5 Å². The van der Waals surface area contributed by atoms with Crippen molar-refractivity contribution in [3.05, 3.63) is 35.4 Å². The van der Waals surface area contributed by atoms with Gasteiger partial charge in [0.25, 0.3) is 5.91 Å². The van der Waals surface area contributed by atoms with Gasteiger partial charge >= 0.3 is 0 Å². The molecule has 0 bridgehead atoms. The third kappa shape index (κ3) is 5.06. The summed E-state index contributed by atoms with van der Waals surface area (Å²) in [7, 11) is 0. The quantitative estimate of drug-likeness (QED) is 0.722. The molecular weight excluding hydrogens is 234 g/mol. The Hall–Kier alpha value is -1.31. The van der Waals surface area contributed by atoms with Crippen molar-refractivity contribution in [3.8, 4) is 0 Å². The van der Waals surface area contributed by atoms with Gasteiger partial charge in [-0.15, -0.1) is 0 Å². The number of carbonyl (C=O) groups excluding carboxylic acids is 1. The predicted octanol–water partition coefficient (Wildman–Crippen LogP) is 4.15. The van der Waals surface area contributed by atoms with Crippen molar-refractivity contribution in [3.63, 3.8) is 0 Å². The monoisotopic (exact) mass is 261 g/mol. The highest BCUT2D eigenvalue weighted by Gasteiger charge is 2.16. The summed E-state index contributed by atoms with van der Waals surface area (Å²) >= 11 is 0.